The van der Waals surface area contributed by atoms with Crippen LogP contribution in [0.15, 0.2) is 36.4 Å². The molecule has 2 rings (SSSR count). The van der Waals surface area contributed by atoms with Crippen LogP contribution >= 0.6 is 22.6 Å². The van der Waals surface area contributed by atoms with E-state index >= 15 is 0 Å². The standard InChI is InChI=1S/C16H16FIO/c1-10-3-4-11(2)12(7-10)8-16(19)14-6-5-13(17)9-15(14)18/h3-7,9,16,19H,8H2,1-2H3. The molecule has 19 heavy (non-hydrogen) atoms. The lowest BCUT2D eigenvalue weighted by atomic mass is 9.97. The fraction of sp³-hybridized carbons (Fsp3) is 0.250. The maximum atomic E-state index is 13.1. The van der Waals surface area contributed by atoms with Crippen molar-refractivity contribution in [3.63, 3.8) is 0 Å². The summed E-state index contributed by atoms with van der Waals surface area (Å²) in [6.07, 6.45) is -0.0530. The number of aryl methyl sites for hydroxylation is 2. The normalized spacial score (nSPS) is 12.5. The van der Waals surface area contributed by atoms with Gasteiger partial charge < -0.3 is 5.11 Å². The van der Waals surface area contributed by atoms with Crippen LogP contribution < -0.4 is 0 Å². The van der Waals surface area contributed by atoms with E-state index in [-0.39, 0.29) is 5.82 Å². The summed E-state index contributed by atoms with van der Waals surface area (Å²) < 4.78 is 13.8. The van der Waals surface area contributed by atoms with Crippen LogP contribution in [-0.2, 0) is 6.42 Å². The molecule has 0 heterocycles. The fourth-order valence-corrected chi connectivity index (χ4v) is 2.95. The van der Waals surface area contributed by atoms with Gasteiger partial charge in [0.15, 0.2) is 0 Å². The third kappa shape index (κ3) is 3.54. The van der Waals surface area contributed by atoms with Crippen molar-refractivity contribution in [2.75, 3.05) is 0 Å². The van der Waals surface area contributed by atoms with Gasteiger partial charge in [-0.05, 0) is 65.3 Å². The van der Waals surface area contributed by atoms with E-state index in [0.717, 1.165) is 14.7 Å². The second-order valence-electron chi connectivity index (χ2n) is 4.82. The van der Waals surface area contributed by atoms with Crippen LogP contribution in [0, 0.1) is 23.2 Å². The topological polar surface area (TPSA) is 20.2 Å². The zero-order valence-corrected chi connectivity index (χ0v) is 13.1. The number of benzene rings is 2. The average Bonchev–Trinajstić information content (AvgIpc) is 2.33. The Balaban J connectivity index is 2.25. The van der Waals surface area contributed by atoms with Gasteiger partial charge in [0.1, 0.15) is 5.82 Å². The minimum absolute atomic E-state index is 0.271. The van der Waals surface area contributed by atoms with Gasteiger partial charge in [0.2, 0.25) is 0 Å². The summed E-state index contributed by atoms with van der Waals surface area (Å²) in [5.74, 6) is -0.271. The van der Waals surface area contributed by atoms with Gasteiger partial charge in [0.05, 0.1) is 6.10 Å². The molecule has 0 saturated carbocycles. The molecule has 1 nitrogen and oxygen atoms in total. The number of aliphatic hydroxyl groups excluding tert-OH is 1. The molecule has 2 aromatic carbocycles. The molecule has 100 valence electrons. The van der Waals surface area contributed by atoms with Crippen LogP contribution in [0.3, 0.4) is 0 Å². The molecular formula is C16H16FIO. The molecule has 0 aliphatic heterocycles. The Hall–Kier alpha value is -0.940. The van der Waals surface area contributed by atoms with Crippen molar-refractivity contribution in [3.05, 3.63) is 68.0 Å². The Bertz CT molecular complexity index is 595. The van der Waals surface area contributed by atoms with Crippen molar-refractivity contribution in [3.8, 4) is 0 Å². The van der Waals surface area contributed by atoms with E-state index in [4.69, 9.17) is 0 Å². The lowest BCUT2D eigenvalue weighted by Gasteiger charge is -2.15. The predicted molar refractivity (Wildman–Crippen MR) is 83.7 cm³/mol. The van der Waals surface area contributed by atoms with Crippen molar-refractivity contribution in [1.29, 1.82) is 0 Å². The van der Waals surface area contributed by atoms with Gasteiger partial charge in [0.25, 0.3) is 0 Å². The molecule has 3 heteroatoms. The highest BCUT2D eigenvalue weighted by Crippen LogP contribution is 2.25. The largest absolute Gasteiger partial charge is 0.388 e. The molecule has 1 N–H and O–H groups in total. The van der Waals surface area contributed by atoms with Crippen LogP contribution in [0.1, 0.15) is 28.4 Å². The Morgan fingerprint density at radius 2 is 1.89 bits per heavy atom. The molecular weight excluding hydrogens is 354 g/mol. The van der Waals surface area contributed by atoms with Crippen LogP contribution in [-0.4, -0.2) is 5.11 Å². The van der Waals surface area contributed by atoms with Crippen molar-refractivity contribution in [1.82, 2.24) is 0 Å². The molecule has 0 aliphatic rings. The summed E-state index contributed by atoms with van der Waals surface area (Å²) in [6.45, 7) is 4.08. The van der Waals surface area contributed by atoms with E-state index in [2.05, 4.69) is 40.8 Å². The van der Waals surface area contributed by atoms with Crippen molar-refractivity contribution in [2.24, 2.45) is 0 Å². The van der Waals surface area contributed by atoms with E-state index in [1.54, 1.807) is 6.07 Å². The zero-order valence-electron chi connectivity index (χ0n) is 11.0. The minimum Gasteiger partial charge on any atom is -0.388 e. The minimum atomic E-state index is -0.604. The van der Waals surface area contributed by atoms with Gasteiger partial charge in [-0.15, -0.1) is 0 Å². The van der Waals surface area contributed by atoms with Crippen molar-refractivity contribution >= 4 is 22.6 Å². The Morgan fingerprint density at radius 1 is 1.16 bits per heavy atom. The molecule has 2 aromatic rings. The first-order valence-corrected chi connectivity index (χ1v) is 7.24. The van der Waals surface area contributed by atoms with Gasteiger partial charge in [-0.1, -0.05) is 29.8 Å². The number of aliphatic hydroxyl groups is 1. The molecule has 0 aliphatic carbocycles. The van der Waals surface area contributed by atoms with E-state index in [1.807, 2.05) is 13.8 Å². The second kappa shape index (κ2) is 6.01. The number of hydrogen-bond donors (Lipinski definition) is 1. The highest BCUT2D eigenvalue weighted by atomic mass is 127. The first-order valence-electron chi connectivity index (χ1n) is 6.16. The summed E-state index contributed by atoms with van der Waals surface area (Å²) in [6, 6.07) is 10.7. The molecule has 0 aromatic heterocycles. The molecule has 0 fully saturated rings. The van der Waals surface area contributed by atoms with Crippen molar-refractivity contribution < 1.29 is 9.50 Å². The number of rotatable bonds is 3. The SMILES string of the molecule is Cc1ccc(C)c(CC(O)c2ccc(F)cc2I)c1. The maximum absolute atomic E-state index is 13.1. The summed E-state index contributed by atoms with van der Waals surface area (Å²) in [5.41, 5.74) is 4.26. The van der Waals surface area contributed by atoms with E-state index in [1.165, 1.54) is 23.3 Å². The van der Waals surface area contributed by atoms with E-state index in [9.17, 15) is 9.50 Å². The van der Waals surface area contributed by atoms with Crippen LogP contribution in [0.4, 0.5) is 4.39 Å². The lowest BCUT2D eigenvalue weighted by Crippen LogP contribution is -2.05. The molecule has 0 radical (unpaired) electrons. The molecule has 0 spiro atoms. The Morgan fingerprint density at radius 3 is 2.58 bits per heavy atom. The monoisotopic (exact) mass is 370 g/mol. The van der Waals surface area contributed by atoms with Gasteiger partial charge in [-0.25, -0.2) is 4.39 Å². The first kappa shape index (κ1) is 14.5. The Labute approximate surface area is 126 Å². The molecule has 1 atom stereocenters. The van der Waals surface area contributed by atoms with Gasteiger partial charge in [-0.3, -0.25) is 0 Å². The summed E-state index contributed by atoms with van der Waals surface area (Å²) in [7, 11) is 0. The quantitative estimate of drug-likeness (QED) is 0.798. The first-order chi connectivity index (χ1) is 8.97. The molecule has 0 amide bonds. The number of hydrogen-bond acceptors (Lipinski definition) is 1. The fourth-order valence-electron chi connectivity index (χ4n) is 2.11. The summed E-state index contributed by atoms with van der Waals surface area (Å²) in [5, 5.41) is 10.3. The number of halogens is 2. The third-order valence-corrected chi connectivity index (χ3v) is 4.17. The van der Waals surface area contributed by atoms with Crippen LogP contribution in [0.2, 0.25) is 0 Å². The average molecular weight is 370 g/mol. The lowest BCUT2D eigenvalue weighted by molar-refractivity contribution is 0.177. The zero-order chi connectivity index (χ0) is 14.0. The van der Waals surface area contributed by atoms with Gasteiger partial charge in [0, 0.05) is 9.99 Å². The molecule has 0 saturated heterocycles. The highest BCUT2D eigenvalue weighted by molar-refractivity contribution is 14.1. The maximum Gasteiger partial charge on any atom is 0.124 e. The van der Waals surface area contributed by atoms with Crippen LogP contribution in [0.25, 0.3) is 0 Å². The molecule has 0 bridgehead atoms. The smallest absolute Gasteiger partial charge is 0.124 e. The summed E-state index contributed by atoms with van der Waals surface area (Å²) >= 11 is 2.06. The van der Waals surface area contributed by atoms with E-state index in [0.29, 0.717) is 6.42 Å². The predicted octanol–water partition coefficient (Wildman–Crippen LogP) is 4.32. The van der Waals surface area contributed by atoms with Crippen LogP contribution in [0.5, 0.6) is 0 Å². The van der Waals surface area contributed by atoms with Gasteiger partial charge in [-0.2, -0.15) is 0 Å². The summed E-state index contributed by atoms with van der Waals surface area (Å²) in [4.78, 5) is 0. The second-order valence-corrected chi connectivity index (χ2v) is 5.98. The van der Waals surface area contributed by atoms with E-state index < -0.39 is 6.10 Å². The Kier molecular flexibility index (Phi) is 4.58. The molecule has 1 unspecified atom stereocenters. The van der Waals surface area contributed by atoms with Gasteiger partial charge >= 0.3 is 0 Å². The van der Waals surface area contributed by atoms with Crippen molar-refractivity contribution in [2.45, 2.75) is 26.4 Å². The third-order valence-electron chi connectivity index (χ3n) is 3.24. The highest BCUT2D eigenvalue weighted by Gasteiger charge is 2.14.